The van der Waals surface area contributed by atoms with Crippen molar-refractivity contribution in [3.8, 4) is 16.9 Å². The molecule has 1 fully saturated rings. The first kappa shape index (κ1) is 30.0. The van der Waals surface area contributed by atoms with Gasteiger partial charge in [-0.15, -0.1) is 0 Å². The van der Waals surface area contributed by atoms with E-state index in [0.29, 0.717) is 12.1 Å². The number of amides is 1. The molecule has 0 aliphatic carbocycles. The largest absolute Gasteiger partial charge is 0.496 e. The van der Waals surface area contributed by atoms with Gasteiger partial charge in [0.25, 0.3) is 0 Å². The lowest BCUT2D eigenvalue weighted by atomic mass is 9.94. The summed E-state index contributed by atoms with van der Waals surface area (Å²) in [5.74, 6) is -0.734. The lowest BCUT2D eigenvalue weighted by Crippen LogP contribution is -2.32. The fourth-order valence-electron chi connectivity index (χ4n) is 4.54. The minimum absolute atomic E-state index is 0.0374. The SMILES string of the molecule is COc1cc(F)ccc1-c1ccc(C(F)(F)F)cc1CN1C(=O)O[C@H](c2cc(C(F)(F)F)cc(C(F)(F)F)c2)[C@@H]1C. The number of hydrogen-bond donors (Lipinski definition) is 0. The zero-order valence-corrected chi connectivity index (χ0v) is 21.0. The Morgan fingerprint density at radius 3 is 1.88 bits per heavy atom. The summed E-state index contributed by atoms with van der Waals surface area (Å²) in [5, 5.41) is 0. The summed E-state index contributed by atoms with van der Waals surface area (Å²) < 4.78 is 145. The quantitative estimate of drug-likeness (QED) is 0.277. The van der Waals surface area contributed by atoms with Crippen LogP contribution in [0, 0.1) is 5.82 Å². The first-order valence-electron chi connectivity index (χ1n) is 11.7. The molecule has 1 aliphatic heterocycles. The molecule has 1 amide bonds. The Hall–Kier alpha value is -3.97. The molecule has 1 heterocycles. The average Bonchev–Trinajstić information content (AvgIpc) is 3.15. The van der Waals surface area contributed by atoms with Crippen LogP contribution in [0.2, 0.25) is 0 Å². The first-order valence-corrected chi connectivity index (χ1v) is 11.7. The van der Waals surface area contributed by atoms with Crippen LogP contribution in [-0.2, 0) is 29.8 Å². The molecule has 2 atom stereocenters. The number of ether oxygens (including phenoxy) is 2. The van der Waals surface area contributed by atoms with Crippen LogP contribution in [0.4, 0.5) is 48.7 Å². The molecule has 14 heteroatoms. The van der Waals surface area contributed by atoms with Crippen LogP contribution in [0.1, 0.15) is 40.8 Å². The minimum atomic E-state index is -5.15. The lowest BCUT2D eigenvalue weighted by molar-refractivity contribution is -0.143. The molecule has 4 nitrogen and oxygen atoms in total. The zero-order chi connectivity index (χ0) is 30.5. The Kier molecular flexibility index (Phi) is 7.65. The van der Waals surface area contributed by atoms with E-state index in [1.807, 2.05) is 0 Å². The van der Waals surface area contributed by atoms with Crippen LogP contribution in [0.25, 0.3) is 11.1 Å². The van der Waals surface area contributed by atoms with Crippen molar-refractivity contribution in [3.05, 3.63) is 88.2 Å². The Labute approximate surface area is 226 Å². The number of alkyl halides is 9. The van der Waals surface area contributed by atoms with Crippen molar-refractivity contribution in [2.45, 2.75) is 44.1 Å². The van der Waals surface area contributed by atoms with Crippen LogP contribution in [0.5, 0.6) is 5.75 Å². The zero-order valence-electron chi connectivity index (χ0n) is 21.0. The third-order valence-electron chi connectivity index (χ3n) is 6.56. The van der Waals surface area contributed by atoms with Crippen molar-refractivity contribution in [3.63, 3.8) is 0 Å². The van der Waals surface area contributed by atoms with Gasteiger partial charge >= 0.3 is 24.6 Å². The van der Waals surface area contributed by atoms with Crippen molar-refractivity contribution in [1.82, 2.24) is 4.90 Å². The number of benzene rings is 3. The van der Waals surface area contributed by atoms with Gasteiger partial charge in [-0.1, -0.05) is 6.07 Å². The molecule has 1 aliphatic rings. The first-order chi connectivity index (χ1) is 18.9. The van der Waals surface area contributed by atoms with Gasteiger partial charge in [0.05, 0.1) is 36.4 Å². The van der Waals surface area contributed by atoms with Crippen molar-refractivity contribution in [2.24, 2.45) is 0 Å². The molecule has 3 aromatic rings. The van der Waals surface area contributed by atoms with Crippen molar-refractivity contribution >= 4 is 6.09 Å². The van der Waals surface area contributed by atoms with Gasteiger partial charge in [-0.3, -0.25) is 4.90 Å². The van der Waals surface area contributed by atoms with Gasteiger partial charge in [0.15, 0.2) is 0 Å². The van der Waals surface area contributed by atoms with Crippen LogP contribution < -0.4 is 4.74 Å². The Morgan fingerprint density at radius 2 is 1.34 bits per heavy atom. The van der Waals surface area contributed by atoms with Gasteiger partial charge in [-0.05, 0) is 66.1 Å². The van der Waals surface area contributed by atoms with E-state index < -0.39 is 71.4 Å². The molecule has 0 aromatic heterocycles. The summed E-state index contributed by atoms with van der Waals surface area (Å²) in [6, 6.07) is 5.42. The second-order valence-corrected chi connectivity index (χ2v) is 9.23. The summed E-state index contributed by atoms with van der Waals surface area (Å²) in [7, 11) is 1.21. The molecule has 0 bridgehead atoms. The molecule has 3 aromatic carbocycles. The summed E-state index contributed by atoms with van der Waals surface area (Å²) in [6.07, 6.45) is -17.9. The van der Waals surface area contributed by atoms with E-state index in [1.54, 1.807) is 0 Å². The van der Waals surface area contributed by atoms with Crippen molar-refractivity contribution in [2.75, 3.05) is 7.11 Å². The van der Waals surface area contributed by atoms with E-state index in [0.717, 1.165) is 35.2 Å². The molecule has 4 rings (SSSR count). The molecule has 41 heavy (non-hydrogen) atoms. The van der Waals surface area contributed by atoms with Gasteiger partial charge in [0, 0.05) is 11.6 Å². The van der Waals surface area contributed by atoms with Crippen molar-refractivity contribution < 1.29 is 58.2 Å². The van der Waals surface area contributed by atoms with Gasteiger partial charge in [0.2, 0.25) is 0 Å². The summed E-state index contributed by atoms with van der Waals surface area (Å²) in [5.41, 5.74) is -4.77. The maximum absolute atomic E-state index is 13.8. The second-order valence-electron chi connectivity index (χ2n) is 9.23. The predicted molar refractivity (Wildman–Crippen MR) is 124 cm³/mol. The minimum Gasteiger partial charge on any atom is -0.496 e. The fraction of sp³-hybridized carbons (Fsp3) is 0.296. The number of hydrogen-bond acceptors (Lipinski definition) is 3. The predicted octanol–water partition coefficient (Wildman–Crippen LogP) is 8.64. The topological polar surface area (TPSA) is 38.8 Å². The highest BCUT2D eigenvalue weighted by Crippen LogP contribution is 2.43. The number of carbonyl (C=O) groups is 1. The van der Waals surface area contributed by atoms with E-state index in [2.05, 4.69) is 0 Å². The standard InChI is InChI=1S/C27H19F10NO3/c1-13-23(14-7-17(26(32,33)34)10-18(8-14)27(35,36)37)41-24(39)38(13)12-15-9-16(25(29,30)31)3-5-20(15)21-6-4-19(28)11-22(21)40-2/h3-11,13,23H,12H2,1-2H3/t13-,23-/m0/s1. The second kappa shape index (κ2) is 10.5. The molecule has 0 saturated carbocycles. The molecular weight excluding hydrogens is 576 g/mol. The number of methoxy groups -OCH3 is 1. The third kappa shape index (κ3) is 6.20. The molecule has 0 unspecified atom stereocenters. The van der Waals surface area contributed by atoms with Gasteiger partial charge in [-0.25, -0.2) is 9.18 Å². The number of rotatable bonds is 5. The molecular formula is C27H19F10NO3. The Balaban J connectivity index is 1.77. The van der Waals surface area contributed by atoms with E-state index >= 15 is 0 Å². The highest BCUT2D eigenvalue weighted by atomic mass is 19.4. The van der Waals surface area contributed by atoms with Crippen LogP contribution in [0.15, 0.2) is 54.6 Å². The molecule has 0 radical (unpaired) electrons. The number of carbonyl (C=O) groups excluding carboxylic acids is 1. The molecule has 220 valence electrons. The van der Waals surface area contributed by atoms with E-state index in [1.165, 1.54) is 20.1 Å². The lowest BCUT2D eigenvalue weighted by Gasteiger charge is -2.24. The van der Waals surface area contributed by atoms with E-state index in [9.17, 15) is 48.7 Å². The Bertz CT molecular complexity index is 1430. The van der Waals surface area contributed by atoms with E-state index in [4.69, 9.17) is 9.47 Å². The molecule has 1 saturated heterocycles. The number of cyclic esters (lactones) is 1. The smallest absolute Gasteiger partial charge is 0.416 e. The third-order valence-corrected chi connectivity index (χ3v) is 6.56. The van der Waals surface area contributed by atoms with E-state index in [-0.39, 0.29) is 28.5 Å². The summed E-state index contributed by atoms with van der Waals surface area (Å²) in [4.78, 5) is 13.7. The van der Waals surface area contributed by atoms with Gasteiger partial charge < -0.3 is 9.47 Å². The maximum atomic E-state index is 13.8. The van der Waals surface area contributed by atoms with Crippen LogP contribution in [0.3, 0.4) is 0 Å². The maximum Gasteiger partial charge on any atom is 0.416 e. The number of nitrogens with zero attached hydrogens (tertiary/aromatic N) is 1. The average molecular weight is 595 g/mol. The van der Waals surface area contributed by atoms with Gasteiger partial charge in [0.1, 0.15) is 17.7 Å². The fourth-order valence-corrected chi connectivity index (χ4v) is 4.54. The summed E-state index contributed by atoms with van der Waals surface area (Å²) in [6.45, 7) is 0.691. The number of halogens is 10. The monoisotopic (exact) mass is 595 g/mol. The molecule has 0 N–H and O–H groups in total. The van der Waals surface area contributed by atoms with Crippen LogP contribution >= 0.6 is 0 Å². The summed E-state index contributed by atoms with van der Waals surface area (Å²) >= 11 is 0. The van der Waals surface area contributed by atoms with Crippen molar-refractivity contribution in [1.29, 1.82) is 0 Å². The Morgan fingerprint density at radius 1 is 0.780 bits per heavy atom. The molecule has 0 spiro atoms. The van der Waals surface area contributed by atoms with Crippen LogP contribution in [-0.4, -0.2) is 24.1 Å². The highest BCUT2D eigenvalue weighted by molar-refractivity contribution is 5.76. The highest BCUT2D eigenvalue weighted by Gasteiger charge is 2.43. The van der Waals surface area contributed by atoms with Gasteiger partial charge in [-0.2, -0.15) is 39.5 Å². The normalized spacial score (nSPS) is 18.0.